The van der Waals surface area contributed by atoms with Crippen molar-refractivity contribution in [3.05, 3.63) is 54.9 Å². The Hall–Kier alpha value is -1.93. The van der Waals surface area contributed by atoms with Gasteiger partial charge in [0, 0.05) is 16.9 Å². The summed E-state index contributed by atoms with van der Waals surface area (Å²) in [4.78, 5) is 10.8. The highest BCUT2D eigenvalue weighted by atomic mass is 28.4. The maximum atomic E-state index is 7.55. The van der Waals surface area contributed by atoms with Crippen LogP contribution in [-0.4, -0.2) is 26.5 Å². The van der Waals surface area contributed by atoms with Crippen LogP contribution >= 0.6 is 0 Å². The Morgan fingerprint density at radius 1 is 0.593 bits per heavy atom. The second-order valence-corrected chi connectivity index (χ2v) is 26.1. The van der Waals surface area contributed by atoms with Crippen LogP contribution < -0.4 is 4.57 Å². The van der Waals surface area contributed by atoms with Crippen molar-refractivity contribution in [1.29, 1.82) is 0 Å². The maximum absolute atomic E-state index is 7.55. The van der Waals surface area contributed by atoms with Gasteiger partial charge in [0.25, 0.3) is 8.32 Å². The minimum Gasteiger partial charge on any atom is -0.542 e. The Morgan fingerprint density at radius 2 is 1.02 bits per heavy atom. The normalized spacial score (nSPS) is 14.4. The van der Waals surface area contributed by atoms with Gasteiger partial charge < -0.3 is 8.99 Å². The summed E-state index contributed by atoms with van der Waals surface area (Å²) >= 11 is 0. The topological polar surface area (TPSA) is 38.2 Å². The zero-order valence-corrected chi connectivity index (χ0v) is 39.5. The van der Waals surface area contributed by atoms with Crippen LogP contribution in [0.1, 0.15) is 202 Å². The van der Waals surface area contributed by atoms with Gasteiger partial charge in [-0.2, -0.15) is 0 Å². The molecule has 0 aliphatic carbocycles. The van der Waals surface area contributed by atoms with Crippen molar-refractivity contribution >= 4 is 33.9 Å². The van der Waals surface area contributed by atoms with Gasteiger partial charge in [0.2, 0.25) is 5.95 Å². The van der Waals surface area contributed by atoms with Crippen molar-refractivity contribution in [2.24, 2.45) is 0 Å². The predicted molar refractivity (Wildman–Crippen MR) is 246 cm³/mol. The molecule has 0 saturated carbocycles. The molecule has 0 aliphatic rings. The van der Waals surface area contributed by atoms with Crippen molar-refractivity contribution < 1.29 is 4.43 Å². The van der Waals surface area contributed by atoms with Gasteiger partial charge in [-0.25, -0.2) is 9.97 Å². The number of hydrogen-bond donors (Lipinski definition) is 0. The summed E-state index contributed by atoms with van der Waals surface area (Å²) < 4.78 is 10.3. The number of anilines is 2. The predicted octanol–water partition coefficient (Wildman–Crippen LogP) is 17.0. The fourth-order valence-electron chi connectivity index (χ4n) is 9.65. The number of aromatic nitrogens is 2. The van der Waals surface area contributed by atoms with Crippen LogP contribution in [-0.2, 0) is 4.43 Å². The zero-order chi connectivity index (χ0) is 39.9. The first kappa shape index (κ1) is 48.2. The van der Waals surface area contributed by atoms with E-state index in [9.17, 15) is 0 Å². The molecule has 0 aliphatic heterocycles. The highest BCUT2D eigenvalue weighted by Gasteiger charge is 2.54. The van der Waals surface area contributed by atoms with Gasteiger partial charge >= 0.3 is 0 Å². The Balaban J connectivity index is 2.86. The molecule has 1 aromatic carbocycles. The number of nitrogens with zero attached hydrogens (tertiary/aromatic N) is 3. The van der Waals surface area contributed by atoms with E-state index in [0.717, 1.165) is 17.4 Å². The van der Waals surface area contributed by atoms with Crippen LogP contribution in [0.25, 0.3) is 5.76 Å². The summed E-state index contributed by atoms with van der Waals surface area (Å²) in [6.45, 7) is 28.9. The largest absolute Gasteiger partial charge is 0.542 e. The molecule has 2 unspecified atom stereocenters. The first-order valence-electron chi connectivity index (χ1n) is 23.1. The lowest BCUT2D eigenvalue weighted by Gasteiger charge is -2.54. The molecule has 2 rings (SSSR count). The van der Waals surface area contributed by atoms with Gasteiger partial charge in [0.1, 0.15) is 11.5 Å². The summed E-state index contributed by atoms with van der Waals surface area (Å²) in [6, 6.07) is 15.7. The third-order valence-corrected chi connectivity index (χ3v) is 24.1. The van der Waals surface area contributed by atoms with E-state index in [1.165, 1.54) is 159 Å². The molecule has 1 aromatic heterocycles. The Morgan fingerprint density at radius 3 is 1.46 bits per heavy atom. The smallest absolute Gasteiger partial charge is 0.254 e. The quantitative estimate of drug-likeness (QED) is 0.0548. The number of para-hydroxylation sites is 1. The molecule has 2 atom stereocenters. The third kappa shape index (κ3) is 12.8. The van der Waals surface area contributed by atoms with Crippen molar-refractivity contribution in [2.75, 3.05) is 4.57 Å². The number of rotatable bonds is 32. The molecule has 0 saturated heterocycles. The summed E-state index contributed by atoms with van der Waals surface area (Å²) in [5.74, 6) is 1.63. The standard InChI is InChI=1S/C48H87N3OSi2/c1-12-20-34-47(35-21-13-2,36-22-14-3)53(10,41-26-18-7)51(44-31-29-28-30-32-44)46-49-40-33-45(50-46)43(9)52-54(11,42-27-19-8)48(37-23-15-4,38-24-16-5)39-25-17-6/h28-33,40H,9,12-27,34-39,41-42H2,1-8,10-11H3. The minimum atomic E-state index is -2.32. The highest BCUT2D eigenvalue weighted by molar-refractivity contribution is 6.86. The second-order valence-electron chi connectivity index (χ2n) is 17.3. The van der Waals surface area contributed by atoms with E-state index in [1.54, 1.807) is 0 Å². The summed E-state index contributed by atoms with van der Waals surface area (Å²) in [6.07, 6.45) is 29.7. The van der Waals surface area contributed by atoms with Crippen molar-refractivity contribution in [1.82, 2.24) is 9.97 Å². The fraction of sp³-hybridized carbons (Fsp3) is 0.750. The molecule has 6 heteroatoms. The monoisotopic (exact) mass is 778 g/mol. The van der Waals surface area contributed by atoms with Gasteiger partial charge in [-0.3, -0.25) is 0 Å². The molecule has 0 bridgehead atoms. The number of hydrogen-bond acceptors (Lipinski definition) is 4. The second kappa shape index (κ2) is 25.4. The Labute approximate surface area is 338 Å². The van der Waals surface area contributed by atoms with Gasteiger partial charge in [0.05, 0.1) is 0 Å². The van der Waals surface area contributed by atoms with Gasteiger partial charge in [0.15, 0.2) is 8.24 Å². The van der Waals surface area contributed by atoms with E-state index >= 15 is 0 Å². The maximum Gasteiger partial charge on any atom is 0.254 e. The molecule has 308 valence electrons. The number of benzene rings is 1. The highest BCUT2D eigenvalue weighted by Crippen LogP contribution is 2.58. The Bertz CT molecular complexity index is 1240. The van der Waals surface area contributed by atoms with E-state index in [1.807, 2.05) is 6.20 Å². The van der Waals surface area contributed by atoms with Gasteiger partial charge in [-0.1, -0.05) is 189 Å². The first-order chi connectivity index (χ1) is 26.1. The molecule has 0 fully saturated rings. The van der Waals surface area contributed by atoms with Crippen LogP contribution in [0.3, 0.4) is 0 Å². The lowest BCUT2D eigenvalue weighted by Crippen LogP contribution is -2.59. The van der Waals surface area contributed by atoms with E-state index in [-0.39, 0.29) is 10.1 Å². The lowest BCUT2D eigenvalue weighted by molar-refractivity contribution is 0.326. The molecule has 0 radical (unpaired) electrons. The molecule has 4 nitrogen and oxygen atoms in total. The molecule has 0 N–H and O–H groups in total. The number of unbranched alkanes of at least 4 members (excludes halogenated alkanes) is 8. The lowest BCUT2D eigenvalue weighted by atomic mass is 9.89. The van der Waals surface area contributed by atoms with Crippen molar-refractivity contribution in [2.45, 2.75) is 232 Å². The van der Waals surface area contributed by atoms with Crippen LogP contribution in [0.15, 0.2) is 49.2 Å². The molecular formula is C48H87N3OSi2. The molecule has 54 heavy (non-hydrogen) atoms. The van der Waals surface area contributed by atoms with Crippen LogP contribution in [0.5, 0.6) is 0 Å². The third-order valence-electron chi connectivity index (χ3n) is 13.3. The molecule has 0 spiro atoms. The average Bonchev–Trinajstić information content (AvgIpc) is 3.19. The summed E-state index contributed by atoms with van der Waals surface area (Å²) in [7, 11) is -4.63. The summed E-state index contributed by atoms with van der Waals surface area (Å²) in [5, 5.41) is 0.526. The van der Waals surface area contributed by atoms with Crippen molar-refractivity contribution in [3.63, 3.8) is 0 Å². The zero-order valence-electron chi connectivity index (χ0n) is 37.5. The van der Waals surface area contributed by atoms with Gasteiger partial charge in [-0.15, -0.1) is 0 Å². The van der Waals surface area contributed by atoms with E-state index in [2.05, 4.69) is 109 Å². The average molecular weight is 778 g/mol. The first-order valence-corrected chi connectivity index (χ1v) is 28.4. The van der Waals surface area contributed by atoms with Crippen LogP contribution in [0, 0.1) is 0 Å². The molecule has 0 amide bonds. The SMILES string of the molecule is C=C(O[Si](C)(CCCC)C(CCCC)(CCCC)CCCC)c1ccnc(N(c2ccccc2)[Si](C)(CCCC)C(CCCC)(CCCC)CCCC)n1. The van der Waals surface area contributed by atoms with Gasteiger partial charge in [-0.05, 0) is 80.4 Å². The van der Waals surface area contributed by atoms with E-state index < -0.39 is 16.6 Å². The molecule has 1 heterocycles. The van der Waals surface area contributed by atoms with E-state index in [0.29, 0.717) is 0 Å². The summed E-state index contributed by atoms with van der Waals surface area (Å²) in [5.41, 5.74) is 2.12. The minimum absolute atomic E-state index is 0.252. The van der Waals surface area contributed by atoms with Crippen LogP contribution in [0.4, 0.5) is 11.6 Å². The van der Waals surface area contributed by atoms with E-state index in [4.69, 9.17) is 21.0 Å². The fourth-order valence-corrected chi connectivity index (χ4v) is 20.0. The van der Waals surface area contributed by atoms with Crippen molar-refractivity contribution in [3.8, 4) is 0 Å². The molecular weight excluding hydrogens is 691 g/mol. The molecule has 2 aromatic rings. The Kier molecular flexibility index (Phi) is 22.6. The van der Waals surface area contributed by atoms with Crippen LogP contribution in [0.2, 0.25) is 35.3 Å².